The van der Waals surface area contributed by atoms with Crippen LogP contribution >= 0.6 is 23.2 Å². The maximum atomic E-state index is 13.2. The van der Waals surface area contributed by atoms with Crippen LogP contribution in [0.3, 0.4) is 0 Å². The summed E-state index contributed by atoms with van der Waals surface area (Å²) in [7, 11) is 0. The molecule has 0 heterocycles. The van der Waals surface area contributed by atoms with E-state index in [0.29, 0.717) is 48.0 Å². The minimum atomic E-state index is -1.11. The van der Waals surface area contributed by atoms with Crippen molar-refractivity contribution in [3.05, 3.63) is 69.7 Å². The predicted molar refractivity (Wildman–Crippen MR) is 144 cm³/mol. The Bertz CT molecular complexity index is 980. The molecule has 2 rings (SSSR count). The topological polar surface area (TPSA) is 145 Å². The smallest absolute Gasteiger partial charge is 0.238 e. The molecule has 0 aromatic heterocycles. The van der Waals surface area contributed by atoms with E-state index in [2.05, 4.69) is 5.32 Å². The number of nitrogens with one attached hydrogen (secondary N) is 1. The van der Waals surface area contributed by atoms with Crippen molar-refractivity contribution in [3.8, 4) is 0 Å². The van der Waals surface area contributed by atoms with Gasteiger partial charge in [-0.05, 0) is 42.5 Å². The van der Waals surface area contributed by atoms with Crippen molar-refractivity contribution in [3.63, 3.8) is 0 Å². The van der Waals surface area contributed by atoms with Crippen molar-refractivity contribution in [1.82, 2.24) is 10.2 Å². The molecule has 0 radical (unpaired) electrons. The lowest BCUT2D eigenvalue weighted by atomic mass is 9.97. The third-order valence-corrected chi connectivity index (χ3v) is 6.54. The van der Waals surface area contributed by atoms with Crippen LogP contribution in [0, 0.1) is 0 Å². The van der Waals surface area contributed by atoms with E-state index in [-0.39, 0.29) is 37.6 Å². The van der Waals surface area contributed by atoms with Gasteiger partial charge in [-0.2, -0.15) is 0 Å². The van der Waals surface area contributed by atoms with E-state index < -0.39 is 18.0 Å². The maximum absolute atomic E-state index is 13.2. The molecule has 0 bridgehead atoms. The molecule has 10 heteroatoms. The van der Waals surface area contributed by atoms with Crippen LogP contribution in [0.1, 0.15) is 30.4 Å². The Morgan fingerprint density at radius 1 is 0.889 bits per heavy atom. The van der Waals surface area contributed by atoms with Crippen molar-refractivity contribution >= 4 is 40.8 Å². The number of nitrogens with zero attached hydrogens (tertiary/aromatic N) is 1. The summed E-state index contributed by atoms with van der Waals surface area (Å²) in [5.41, 5.74) is 18.9. The second-order valence-corrected chi connectivity index (χ2v) is 9.34. The number of carbonyl (C=O) groups excluding carboxylic acids is 3. The normalized spacial score (nSPS) is 12.6. The van der Waals surface area contributed by atoms with Gasteiger partial charge in [-0.3, -0.25) is 14.4 Å². The summed E-state index contributed by atoms with van der Waals surface area (Å²) in [6.45, 7) is 1.21. The van der Waals surface area contributed by atoms with Gasteiger partial charge in [-0.25, -0.2) is 0 Å². The molecule has 196 valence electrons. The average Bonchev–Trinajstić information content (AvgIpc) is 2.86. The number of halogens is 2. The van der Waals surface area contributed by atoms with Gasteiger partial charge in [0.15, 0.2) is 5.78 Å². The Balaban J connectivity index is 2.07. The summed E-state index contributed by atoms with van der Waals surface area (Å²) in [6.07, 6.45) is 1.24. The SMILES string of the molecule is NCCN(CCN)C(=O)C[C@H](N)C(=O)N[C@@H](CCc1ccccc1)C(=O)CCc1c(Cl)cccc1Cl. The first-order chi connectivity index (χ1) is 17.3. The highest BCUT2D eigenvalue weighted by Crippen LogP contribution is 2.25. The first-order valence-corrected chi connectivity index (χ1v) is 12.8. The van der Waals surface area contributed by atoms with Crippen LogP contribution in [-0.2, 0) is 27.2 Å². The third-order valence-electron chi connectivity index (χ3n) is 5.83. The highest BCUT2D eigenvalue weighted by atomic mass is 35.5. The second kappa shape index (κ2) is 15.6. The zero-order valence-electron chi connectivity index (χ0n) is 20.3. The molecular formula is C26H35Cl2N5O3. The summed E-state index contributed by atoms with van der Waals surface area (Å²) < 4.78 is 0. The molecule has 0 aliphatic rings. The van der Waals surface area contributed by atoms with Crippen LogP contribution in [0.15, 0.2) is 48.5 Å². The van der Waals surface area contributed by atoms with Crippen molar-refractivity contribution in [2.24, 2.45) is 17.2 Å². The predicted octanol–water partition coefficient (Wildman–Crippen LogP) is 2.08. The molecule has 0 spiro atoms. The van der Waals surface area contributed by atoms with Crippen molar-refractivity contribution in [2.75, 3.05) is 26.2 Å². The van der Waals surface area contributed by atoms with Crippen LogP contribution in [0.4, 0.5) is 0 Å². The molecule has 7 N–H and O–H groups in total. The van der Waals surface area contributed by atoms with E-state index in [1.165, 1.54) is 4.90 Å². The Hall–Kier alpha value is -2.49. The lowest BCUT2D eigenvalue weighted by molar-refractivity contribution is -0.135. The maximum Gasteiger partial charge on any atom is 0.238 e. The summed E-state index contributed by atoms with van der Waals surface area (Å²) in [5, 5.41) is 3.73. The van der Waals surface area contributed by atoms with Gasteiger partial charge < -0.3 is 27.4 Å². The van der Waals surface area contributed by atoms with Gasteiger partial charge in [-0.1, -0.05) is 59.6 Å². The van der Waals surface area contributed by atoms with Crippen LogP contribution in [0.5, 0.6) is 0 Å². The highest BCUT2D eigenvalue weighted by Gasteiger charge is 2.26. The van der Waals surface area contributed by atoms with Crippen molar-refractivity contribution in [2.45, 2.75) is 44.2 Å². The van der Waals surface area contributed by atoms with E-state index in [4.69, 9.17) is 40.4 Å². The van der Waals surface area contributed by atoms with Crippen molar-refractivity contribution in [1.29, 1.82) is 0 Å². The summed E-state index contributed by atoms with van der Waals surface area (Å²) >= 11 is 12.5. The van der Waals surface area contributed by atoms with Gasteiger partial charge in [0.05, 0.1) is 18.5 Å². The first kappa shape index (κ1) is 29.7. The number of benzene rings is 2. The fourth-order valence-electron chi connectivity index (χ4n) is 3.82. The fourth-order valence-corrected chi connectivity index (χ4v) is 4.41. The number of ketones is 1. The molecule has 2 atom stereocenters. The van der Waals surface area contributed by atoms with Crippen molar-refractivity contribution < 1.29 is 14.4 Å². The highest BCUT2D eigenvalue weighted by molar-refractivity contribution is 6.36. The number of hydrogen-bond acceptors (Lipinski definition) is 6. The number of nitrogens with two attached hydrogens (primary N) is 3. The van der Waals surface area contributed by atoms with E-state index in [0.717, 1.165) is 5.56 Å². The van der Waals surface area contributed by atoms with Crippen LogP contribution in [0.2, 0.25) is 10.0 Å². The lowest BCUT2D eigenvalue weighted by Crippen LogP contribution is -2.51. The molecular weight excluding hydrogens is 501 g/mol. The summed E-state index contributed by atoms with van der Waals surface area (Å²) in [5.74, 6) is -1.04. The molecule has 0 unspecified atom stereocenters. The molecule has 2 aromatic rings. The number of hydrogen-bond donors (Lipinski definition) is 4. The minimum Gasteiger partial charge on any atom is -0.345 e. The Morgan fingerprint density at radius 2 is 1.50 bits per heavy atom. The average molecular weight is 537 g/mol. The molecule has 36 heavy (non-hydrogen) atoms. The molecule has 2 aromatic carbocycles. The zero-order valence-corrected chi connectivity index (χ0v) is 21.8. The van der Waals surface area contributed by atoms with Crippen LogP contribution < -0.4 is 22.5 Å². The third kappa shape index (κ3) is 9.52. The van der Waals surface area contributed by atoms with Crippen LogP contribution in [-0.4, -0.2) is 60.8 Å². The Labute approximate surface area is 222 Å². The number of rotatable bonds is 15. The lowest BCUT2D eigenvalue weighted by Gasteiger charge is -2.24. The second-order valence-electron chi connectivity index (χ2n) is 8.52. The Morgan fingerprint density at radius 3 is 2.08 bits per heavy atom. The van der Waals surface area contributed by atoms with Gasteiger partial charge >= 0.3 is 0 Å². The molecule has 0 aliphatic heterocycles. The molecule has 0 fully saturated rings. The summed E-state index contributed by atoms with van der Waals surface area (Å²) in [4.78, 5) is 40.1. The molecule has 2 amide bonds. The fraction of sp³-hybridized carbons (Fsp3) is 0.423. The van der Waals surface area contributed by atoms with Gasteiger partial charge in [0.25, 0.3) is 0 Å². The van der Waals surface area contributed by atoms with E-state index in [1.807, 2.05) is 30.3 Å². The quantitative estimate of drug-likeness (QED) is 0.274. The number of carbonyl (C=O) groups is 3. The molecule has 0 saturated heterocycles. The number of Topliss-reactive ketones (excluding diaryl/α,β-unsaturated/α-hetero) is 1. The first-order valence-electron chi connectivity index (χ1n) is 12.0. The van der Waals surface area contributed by atoms with Crippen LogP contribution in [0.25, 0.3) is 0 Å². The molecule has 8 nitrogen and oxygen atoms in total. The van der Waals surface area contributed by atoms with Gasteiger partial charge in [-0.15, -0.1) is 0 Å². The summed E-state index contributed by atoms with van der Waals surface area (Å²) in [6, 6.07) is 13.0. The zero-order chi connectivity index (χ0) is 26.5. The van der Waals surface area contributed by atoms with Gasteiger partial charge in [0.1, 0.15) is 0 Å². The minimum absolute atomic E-state index is 0.137. The largest absolute Gasteiger partial charge is 0.345 e. The van der Waals surface area contributed by atoms with E-state index >= 15 is 0 Å². The van der Waals surface area contributed by atoms with E-state index in [1.54, 1.807) is 18.2 Å². The number of amides is 2. The monoisotopic (exact) mass is 535 g/mol. The standard InChI is InChI=1S/C26H35Cl2N5O3/c27-20-7-4-8-21(28)19(20)10-12-24(34)23(11-9-18-5-2-1-3-6-18)32-26(36)22(31)17-25(35)33(15-13-29)16-14-30/h1-8,22-23H,9-17,29-31H2,(H,32,36)/t22-,23-/m0/s1. The molecule has 0 aliphatic carbocycles. The van der Waals surface area contributed by atoms with Gasteiger partial charge in [0.2, 0.25) is 11.8 Å². The van der Waals surface area contributed by atoms with Gasteiger partial charge in [0, 0.05) is 42.6 Å². The Kier molecular flexibility index (Phi) is 12.9. The number of aryl methyl sites for hydroxylation is 1. The van der Waals surface area contributed by atoms with E-state index in [9.17, 15) is 14.4 Å². The molecule has 0 saturated carbocycles.